The normalized spacial score (nSPS) is 10.8. The quantitative estimate of drug-likeness (QED) is 0.517. The summed E-state index contributed by atoms with van der Waals surface area (Å²) >= 11 is 7.09. The SMILES string of the molecule is CCOC(=O)c1sc(N/N=C/c2cccc(Cl)c2)nc1C. The smallest absolute Gasteiger partial charge is 0.350 e. The van der Waals surface area contributed by atoms with Crippen molar-refractivity contribution in [3.63, 3.8) is 0 Å². The van der Waals surface area contributed by atoms with Crippen molar-refractivity contribution >= 4 is 40.3 Å². The Morgan fingerprint density at radius 3 is 3.10 bits per heavy atom. The van der Waals surface area contributed by atoms with Gasteiger partial charge < -0.3 is 4.74 Å². The number of halogens is 1. The van der Waals surface area contributed by atoms with Gasteiger partial charge in [-0.2, -0.15) is 5.10 Å². The number of aryl methyl sites for hydroxylation is 1. The monoisotopic (exact) mass is 323 g/mol. The predicted octanol–water partition coefficient (Wildman–Crippen LogP) is 3.73. The molecule has 0 saturated carbocycles. The molecular weight excluding hydrogens is 310 g/mol. The summed E-state index contributed by atoms with van der Waals surface area (Å²) in [6.45, 7) is 3.86. The van der Waals surface area contributed by atoms with Crippen molar-refractivity contribution in [2.45, 2.75) is 13.8 Å². The van der Waals surface area contributed by atoms with E-state index in [1.807, 2.05) is 12.1 Å². The van der Waals surface area contributed by atoms with Gasteiger partial charge in [0.2, 0.25) is 5.13 Å². The summed E-state index contributed by atoms with van der Waals surface area (Å²) in [6.07, 6.45) is 1.63. The van der Waals surface area contributed by atoms with Gasteiger partial charge in [-0.25, -0.2) is 9.78 Å². The van der Waals surface area contributed by atoms with E-state index in [-0.39, 0.29) is 5.97 Å². The lowest BCUT2D eigenvalue weighted by Crippen LogP contribution is -2.03. The van der Waals surface area contributed by atoms with Gasteiger partial charge in [0.05, 0.1) is 18.5 Å². The number of benzene rings is 1. The predicted molar refractivity (Wildman–Crippen MR) is 85.5 cm³/mol. The zero-order chi connectivity index (χ0) is 15.2. The lowest BCUT2D eigenvalue weighted by molar-refractivity contribution is 0.0531. The Labute approximate surface area is 131 Å². The first kappa shape index (κ1) is 15.5. The number of hydrogen-bond donors (Lipinski definition) is 1. The van der Waals surface area contributed by atoms with Gasteiger partial charge in [-0.3, -0.25) is 5.43 Å². The Hall–Kier alpha value is -1.92. The van der Waals surface area contributed by atoms with Crippen molar-refractivity contribution in [3.8, 4) is 0 Å². The Kier molecular flexibility index (Phi) is 5.30. The molecule has 21 heavy (non-hydrogen) atoms. The molecule has 0 saturated heterocycles. The highest BCUT2D eigenvalue weighted by atomic mass is 35.5. The first-order valence-electron chi connectivity index (χ1n) is 6.29. The number of carbonyl (C=O) groups excluding carboxylic acids is 1. The van der Waals surface area contributed by atoms with Crippen LogP contribution in [-0.2, 0) is 4.74 Å². The topological polar surface area (TPSA) is 63.6 Å². The molecule has 2 rings (SSSR count). The van der Waals surface area contributed by atoms with E-state index in [0.717, 1.165) is 5.56 Å². The molecule has 0 atom stereocenters. The van der Waals surface area contributed by atoms with Gasteiger partial charge in [-0.05, 0) is 31.5 Å². The van der Waals surface area contributed by atoms with Crippen LogP contribution in [-0.4, -0.2) is 23.8 Å². The van der Waals surface area contributed by atoms with Crippen LogP contribution in [0.15, 0.2) is 29.4 Å². The van der Waals surface area contributed by atoms with Crippen LogP contribution in [0.1, 0.15) is 27.9 Å². The maximum atomic E-state index is 11.7. The fourth-order valence-electron chi connectivity index (χ4n) is 1.58. The molecule has 0 spiro atoms. The lowest BCUT2D eigenvalue weighted by Gasteiger charge is -1.97. The largest absolute Gasteiger partial charge is 0.462 e. The molecule has 5 nitrogen and oxygen atoms in total. The van der Waals surface area contributed by atoms with Crippen LogP contribution in [0, 0.1) is 6.92 Å². The summed E-state index contributed by atoms with van der Waals surface area (Å²) in [5.74, 6) is -0.362. The molecule has 0 amide bonds. The van der Waals surface area contributed by atoms with Crippen LogP contribution in [0.5, 0.6) is 0 Å². The summed E-state index contributed by atoms with van der Waals surface area (Å²) in [6, 6.07) is 7.32. The molecule has 2 aromatic rings. The molecule has 0 fully saturated rings. The highest BCUT2D eigenvalue weighted by Crippen LogP contribution is 2.23. The van der Waals surface area contributed by atoms with Crippen molar-refractivity contribution in [1.29, 1.82) is 0 Å². The standard InChI is InChI=1S/C14H14ClN3O2S/c1-3-20-13(19)12-9(2)17-14(21-12)18-16-8-10-5-4-6-11(15)7-10/h4-8H,3H2,1-2H3,(H,17,18)/b16-8+. The van der Waals surface area contributed by atoms with Crippen LogP contribution in [0.2, 0.25) is 5.02 Å². The molecule has 1 N–H and O–H groups in total. The van der Waals surface area contributed by atoms with Gasteiger partial charge in [0, 0.05) is 5.02 Å². The van der Waals surface area contributed by atoms with Crippen LogP contribution in [0.3, 0.4) is 0 Å². The first-order chi connectivity index (χ1) is 10.1. The van der Waals surface area contributed by atoms with Crippen LogP contribution in [0.4, 0.5) is 5.13 Å². The van der Waals surface area contributed by atoms with E-state index >= 15 is 0 Å². The highest BCUT2D eigenvalue weighted by molar-refractivity contribution is 7.17. The number of hydrazone groups is 1. The molecule has 0 unspecified atom stereocenters. The second kappa shape index (κ2) is 7.19. The molecule has 110 valence electrons. The maximum absolute atomic E-state index is 11.7. The third-order valence-electron chi connectivity index (χ3n) is 2.48. The van der Waals surface area contributed by atoms with E-state index in [9.17, 15) is 4.79 Å². The summed E-state index contributed by atoms with van der Waals surface area (Å²) in [5.41, 5.74) is 4.29. The number of hydrogen-bond acceptors (Lipinski definition) is 6. The number of ether oxygens (including phenoxy) is 1. The molecule has 0 radical (unpaired) electrons. The fraction of sp³-hybridized carbons (Fsp3) is 0.214. The second-order valence-corrected chi connectivity index (χ2v) is 5.51. The van der Waals surface area contributed by atoms with Crippen molar-refractivity contribution in [2.75, 3.05) is 12.0 Å². The van der Waals surface area contributed by atoms with Gasteiger partial charge in [-0.1, -0.05) is 35.1 Å². The maximum Gasteiger partial charge on any atom is 0.350 e. The van der Waals surface area contributed by atoms with E-state index in [2.05, 4.69) is 15.5 Å². The third kappa shape index (κ3) is 4.27. The minimum atomic E-state index is -0.362. The van der Waals surface area contributed by atoms with Crippen molar-refractivity contribution < 1.29 is 9.53 Å². The molecule has 0 aliphatic carbocycles. The molecule has 0 bridgehead atoms. The van der Waals surface area contributed by atoms with Crippen molar-refractivity contribution in [2.24, 2.45) is 5.10 Å². The molecular formula is C14H14ClN3O2S. The zero-order valence-electron chi connectivity index (χ0n) is 11.6. The number of anilines is 1. The highest BCUT2D eigenvalue weighted by Gasteiger charge is 2.15. The molecule has 1 heterocycles. The van der Waals surface area contributed by atoms with Crippen LogP contribution < -0.4 is 5.43 Å². The molecule has 0 aliphatic rings. The Morgan fingerprint density at radius 2 is 2.38 bits per heavy atom. The number of thiazole rings is 1. The van der Waals surface area contributed by atoms with Crippen molar-refractivity contribution in [1.82, 2.24) is 4.98 Å². The van der Waals surface area contributed by atoms with Gasteiger partial charge in [0.25, 0.3) is 0 Å². The number of carbonyl (C=O) groups is 1. The summed E-state index contributed by atoms with van der Waals surface area (Å²) < 4.78 is 4.96. The van der Waals surface area contributed by atoms with Gasteiger partial charge in [-0.15, -0.1) is 0 Å². The average Bonchev–Trinajstić information content (AvgIpc) is 2.80. The summed E-state index contributed by atoms with van der Waals surface area (Å²) in [4.78, 5) is 16.4. The Bertz CT molecular complexity index is 670. The molecule has 7 heteroatoms. The number of nitrogens with one attached hydrogen (secondary N) is 1. The molecule has 1 aromatic heterocycles. The second-order valence-electron chi connectivity index (χ2n) is 4.08. The zero-order valence-corrected chi connectivity index (χ0v) is 13.2. The summed E-state index contributed by atoms with van der Waals surface area (Å²) in [5, 5.41) is 5.26. The minimum absolute atomic E-state index is 0.339. The summed E-state index contributed by atoms with van der Waals surface area (Å²) in [7, 11) is 0. The average molecular weight is 324 g/mol. The van der Waals surface area contributed by atoms with Crippen molar-refractivity contribution in [3.05, 3.63) is 45.4 Å². The van der Waals surface area contributed by atoms with Gasteiger partial charge in [0.1, 0.15) is 4.88 Å². The van der Waals surface area contributed by atoms with Gasteiger partial charge in [0.15, 0.2) is 0 Å². The first-order valence-corrected chi connectivity index (χ1v) is 7.48. The lowest BCUT2D eigenvalue weighted by atomic mass is 10.2. The van der Waals surface area contributed by atoms with E-state index < -0.39 is 0 Å². The van der Waals surface area contributed by atoms with Gasteiger partial charge >= 0.3 is 5.97 Å². The van der Waals surface area contributed by atoms with E-state index in [4.69, 9.17) is 16.3 Å². The fourth-order valence-corrected chi connectivity index (χ4v) is 2.59. The van der Waals surface area contributed by atoms with E-state index in [0.29, 0.717) is 27.3 Å². The number of esters is 1. The van der Waals surface area contributed by atoms with Crippen LogP contribution in [0.25, 0.3) is 0 Å². The third-order valence-corrected chi connectivity index (χ3v) is 3.76. The molecule has 0 aliphatic heterocycles. The Morgan fingerprint density at radius 1 is 1.57 bits per heavy atom. The number of rotatable bonds is 5. The minimum Gasteiger partial charge on any atom is -0.462 e. The Balaban J connectivity index is 2.04. The number of nitrogens with zero attached hydrogens (tertiary/aromatic N) is 2. The number of aromatic nitrogens is 1. The van der Waals surface area contributed by atoms with Crippen LogP contribution >= 0.6 is 22.9 Å². The van der Waals surface area contributed by atoms with E-state index in [1.165, 1.54) is 11.3 Å². The molecule has 1 aromatic carbocycles. The van der Waals surface area contributed by atoms with E-state index in [1.54, 1.807) is 32.2 Å².